The molecule has 0 aliphatic carbocycles. The van der Waals surface area contributed by atoms with E-state index in [-0.39, 0.29) is 22.0 Å². The van der Waals surface area contributed by atoms with Crippen LogP contribution in [-0.2, 0) is 16.6 Å². The third kappa shape index (κ3) is 3.25. The molecule has 0 radical (unpaired) electrons. The molecule has 3 heterocycles. The lowest BCUT2D eigenvalue weighted by Crippen LogP contribution is -2.36. The second-order valence-electron chi connectivity index (χ2n) is 6.86. The van der Waals surface area contributed by atoms with Crippen LogP contribution in [0.15, 0.2) is 80.1 Å². The Bertz CT molecular complexity index is 1510. The molecule has 8 nitrogen and oxygen atoms in total. The SMILES string of the molecule is O=c1c(C2=NS(=O)(=O)c3ccccc3N2)c(O)c2sccc2n1NCc1ccccc1. The molecular weight excluding hydrogens is 436 g/mol. The van der Waals surface area contributed by atoms with Crippen LogP contribution >= 0.6 is 11.3 Å². The van der Waals surface area contributed by atoms with E-state index in [1.807, 2.05) is 30.3 Å². The first-order valence-corrected chi connectivity index (χ1v) is 11.6. The molecular formula is C21H16N4O4S2. The number of aromatic nitrogens is 1. The van der Waals surface area contributed by atoms with Gasteiger partial charge in [0.2, 0.25) is 0 Å². The summed E-state index contributed by atoms with van der Waals surface area (Å²) in [4.78, 5) is 13.4. The van der Waals surface area contributed by atoms with Crippen molar-refractivity contribution in [3.8, 4) is 5.75 Å². The molecule has 2 aromatic carbocycles. The maximum Gasteiger partial charge on any atom is 0.286 e. The number of fused-ring (bicyclic) bond motifs is 2. The number of thiophene rings is 1. The van der Waals surface area contributed by atoms with Gasteiger partial charge >= 0.3 is 0 Å². The van der Waals surface area contributed by atoms with Crippen LogP contribution in [0, 0.1) is 0 Å². The van der Waals surface area contributed by atoms with Gasteiger partial charge < -0.3 is 15.8 Å². The zero-order chi connectivity index (χ0) is 21.6. The minimum atomic E-state index is -4.03. The van der Waals surface area contributed by atoms with Crippen molar-refractivity contribution in [2.75, 3.05) is 10.7 Å². The summed E-state index contributed by atoms with van der Waals surface area (Å²) in [6.07, 6.45) is 0. The van der Waals surface area contributed by atoms with Gasteiger partial charge in [-0.2, -0.15) is 8.42 Å². The molecule has 0 unspecified atom stereocenters. The summed E-state index contributed by atoms with van der Waals surface area (Å²) in [5.41, 5.74) is 3.99. The molecule has 0 saturated carbocycles. The fraction of sp³-hybridized carbons (Fsp3) is 0.0476. The fourth-order valence-corrected chi connectivity index (χ4v) is 5.40. The van der Waals surface area contributed by atoms with Crippen LogP contribution in [0.2, 0.25) is 0 Å². The van der Waals surface area contributed by atoms with Crippen LogP contribution < -0.4 is 16.3 Å². The van der Waals surface area contributed by atoms with Crippen LogP contribution in [0.25, 0.3) is 10.2 Å². The molecule has 3 N–H and O–H groups in total. The Labute approximate surface area is 181 Å². The van der Waals surface area contributed by atoms with Crippen molar-refractivity contribution >= 4 is 43.1 Å². The minimum Gasteiger partial charge on any atom is -0.505 e. The maximum absolute atomic E-state index is 13.4. The van der Waals surface area contributed by atoms with Gasteiger partial charge in [0, 0.05) is 0 Å². The Morgan fingerprint density at radius 1 is 1.06 bits per heavy atom. The number of hydrogen-bond acceptors (Lipinski definition) is 7. The molecule has 0 saturated heterocycles. The zero-order valence-electron chi connectivity index (χ0n) is 15.9. The Morgan fingerprint density at radius 3 is 2.61 bits per heavy atom. The summed E-state index contributed by atoms with van der Waals surface area (Å²) in [5, 5.41) is 15.5. The van der Waals surface area contributed by atoms with Crippen molar-refractivity contribution in [3.05, 3.63) is 87.5 Å². The average Bonchev–Trinajstić information content (AvgIpc) is 3.24. The number of pyridine rings is 1. The van der Waals surface area contributed by atoms with Crippen LogP contribution in [0.1, 0.15) is 11.1 Å². The highest BCUT2D eigenvalue weighted by Gasteiger charge is 2.30. The number of benzene rings is 2. The van der Waals surface area contributed by atoms with Crippen LogP contribution in [0.3, 0.4) is 0 Å². The van der Waals surface area contributed by atoms with E-state index in [0.717, 1.165) is 5.56 Å². The molecule has 1 aliphatic rings. The van der Waals surface area contributed by atoms with Crippen molar-refractivity contribution in [1.82, 2.24) is 4.68 Å². The Kier molecular flexibility index (Phi) is 4.53. The average molecular weight is 453 g/mol. The number of sulfonamides is 1. The predicted molar refractivity (Wildman–Crippen MR) is 121 cm³/mol. The first-order chi connectivity index (χ1) is 15.0. The van der Waals surface area contributed by atoms with E-state index in [4.69, 9.17) is 0 Å². The minimum absolute atomic E-state index is 0.0120. The van der Waals surface area contributed by atoms with E-state index >= 15 is 0 Å². The van der Waals surface area contributed by atoms with E-state index in [0.29, 0.717) is 22.4 Å². The van der Waals surface area contributed by atoms with Crippen molar-refractivity contribution in [2.45, 2.75) is 11.4 Å². The summed E-state index contributed by atoms with van der Waals surface area (Å²) in [6, 6.07) is 17.5. The smallest absolute Gasteiger partial charge is 0.286 e. The van der Waals surface area contributed by atoms with Gasteiger partial charge in [0.05, 0.1) is 22.4 Å². The van der Waals surface area contributed by atoms with Crippen molar-refractivity contribution in [1.29, 1.82) is 0 Å². The van der Waals surface area contributed by atoms with Gasteiger partial charge in [0.1, 0.15) is 10.5 Å². The first kappa shape index (κ1) is 19.3. The van der Waals surface area contributed by atoms with E-state index < -0.39 is 15.6 Å². The summed E-state index contributed by atoms with van der Waals surface area (Å²) in [7, 11) is -4.03. The van der Waals surface area contributed by atoms with Gasteiger partial charge in [0.15, 0.2) is 11.6 Å². The molecule has 0 amide bonds. The maximum atomic E-state index is 13.4. The standard InChI is InChI=1S/C21H16N4O4S2/c26-18-17(20-23-14-8-4-5-9-16(14)31(28,29)24-20)21(27)25(15-10-11-30-19(15)18)22-12-13-6-2-1-3-7-13/h1-11,22,26H,12H2,(H,23,24). The highest BCUT2D eigenvalue weighted by molar-refractivity contribution is 7.90. The van der Waals surface area contributed by atoms with Crippen molar-refractivity contribution in [2.24, 2.45) is 4.40 Å². The molecule has 156 valence electrons. The Balaban J connectivity index is 1.67. The van der Waals surface area contributed by atoms with E-state index in [2.05, 4.69) is 15.1 Å². The second kappa shape index (κ2) is 7.25. The number of hydrogen-bond donors (Lipinski definition) is 3. The lowest BCUT2D eigenvalue weighted by atomic mass is 10.2. The lowest BCUT2D eigenvalue weighted by Gasteiger charge is -2.20. The molecule has 10 heteroatoms. The normalized spacial score (nSPS) is 14.5. The molecule has 2 aromatic heterocycles. The number of para-hydroxylation sites is 1. The Hall–Kier alpha value is -3.63. The van der Waals surface area contributed by atoms with Gasteiger partial charge in [-0.25, -0.2) is 4.68 Å². The van der Waals surface area contributed by atoms with Crippen LogP contribution in [0.5, 0.6) is 5.75 Å². The van der Waals surface area contributed by atoms with Crippen LogP contribution in [0.4, 0.5) is 5.69 Å². The Morgan fingerprint density at radius 2 is 1.81 bits per heavy atom. The number of nitrogens with one attached hydrogen (secondary N) is 2. The number of nitrogens with zero attached hydrogens (tertiary/aromatic N) is 2. The van der Waals surface area contributed by atoms with Crippen molar-refractivity contribution in [3.63, 3.8) is 0 Å². The molecule has 4 aromatic rings. The topological polar surface area (TPSA) is 113 Å². The molecule has 1 aliphatic heterocycles. The molecule has 5 rings (SSSR count). The van der Waals surface area contributed by atoms with Gasteiger partial charge in [-0.05, 0) is 29.1 Å². The summed E-state index contributed by atoms with van der Waals surface area (Å²) in [5.74, 6) is -0.527. The molecule has 0 atom stereocenters. The summed E-state index contributed by atoms with van der Waals surface area (Å²) in [6.45, 7) is 0.358. The quantitative estimate of drug-likeness (QED) is 0.439. The highest BCUT2D eigenvalue weighted by atomic mass is 32.2. The second-order valence-corrected chi connectivity index (χ2v) is 9.34. The molecule has 0 spiro atoms. The van der Waals surface area contributed by atoms with Gasteiger partial charge in [-0.1, -0.05) is 42.5 Å². The fourth-order valence-electron chi connectivity index (χ4n) is 3.45. The third-order valence-electron chi connectivity index (χ3n) is 4.90. The predicted octanol–water partition coefficient (Wildman–Crippen LogP) is 3.07. The highest BCUT2D eigenvalue weighted by Crippen LogP contribution is 2.34. The third-order valence-corrected chi connectivity index (χ3v) is 7.15. The monoisotopic (exact) mass is 452 g/mol. The van der Waals surface area contributed by atoms with Gasteiger partial charge in [0.25, 0.3) is 15.6 Å². The lowest BCUT2D eigenvalue weighted by molar-refractivity contribution is 0.479. The largest absolute Gasteiger partial charge is 0.505 e. The first-order valence-electron chi connectivity index (χ1n) is 9.30. The van der Waals surface area contributed by atoms with Gasteiger partial charge in [-0.3, -0.25) is 4.79 Å². The van der Waals surface area contributed by atoms with E-state index in [1.165, 1.54) is 22.1 Å². The van der Waals surface area contributed by atoms with Gasteiger partial charge in [-0.15, -0.1) is 15.7 Å². The summed E-state index contributed by atoms with van der Waals surface area (Å²) >= 11 is 1.24. The number of aromatic hydroxyl groups is 1. The van der Waals surface area contributed by atoms with E-state index in [9.17, 15) is 18.3 Å². The molecule has 31 heavy (non-hydrogen) atoms. The zero-order valence-corrected chi connectivity index (χ0v) is 17.6. The molecule has 0 fully saturated rings. The number of rotatable bonds is 4. The van der Waals surface area contributed by atoms with Crippen LogP contribution in [-0.4, -0.2) is 24.0 Å². The molecule has 0 bridgehead atoms. The summed E-state index contributed by atoms with van der Waals surface area (Å²) < 4.78 is 30.8. The van der Waals surface area contributed by atoms with Crippen molar-refractivity contribution < 1.29 is 13.5 Å². The van der Waals surface area contributed by atoms with E-state index in [1.54, 1.807) is 29.6 Å². The number of anilines is 1. The number of amidine groups is 1.